The number of hydrogen-bond acceptors (Lipinski definition) is 5. The maximum atomic E-state index is 11.9. The van der Waals surface area contributed by atoms with Crippen molar-refractivity contribution >= 4 is 53.7 Å². The summed E-state index contributed by atoms with van der Waals surface area (Å²) in [5.41, 5.74) is 0. The summed E-state index contributed by atoms with van der Waals surface area (Å²) in [6.07, 6.45) is -2.22. The van der Waals surface area contributed by atoms with Gasteiger partial charge in [0.15, 0.2) is 0 Å². The van der Waals surface area contributed by atoms with Crippen LogP contribution in [0.1, 0.15) is 0 Å². The third kappa shape index (κ3) is 7.04. The number of alkyl halides is 3. The maximum absolute atomic E-state index is 11.9. The van der Waals surface area contributed by atoms with E-state index in [4.69, 9.17) is 10.2 Å². The van der Waals surface area contributed by atoms with Crippen LogP contribution in [0.5, 0.6) is 0 Å². The van der Waals surface area contributed by atoms with E-state index in [1.54, 1.807) is 0 Å². The first-order valence-electron chi connectivity index (χ1n) is 4.66. The van der Waals surface area contributed by atoms with Gasteiger partial charge in [-0.2, -0.15) is 0 Å². The third-order valence-corrected chi connectivity index (χ3v) is 2.83. The van der Waals surface area contributed by atoms with Crippen molar-refractivity contribution in [2.75, 3.05) is 26.3 Å². The standard InChI is InChI=1S/C8H14Br3NO5/c9-8(10,11)7(17)12(1-5(15)3-13)2-6(16)4-14/h5-6,13-16H,1-4H2. The largest absolute Gasteiger partial charge is 0.394 e. The van der Waals surface area contributed by atoms with Crippen LogP contribution in [0.3, 0.4) is 0 Å². The Labute approximate surface area is 124 Å². The maximum Gasteiger partial charge on any atom is 0.261 e. The van der Waals surface area contributed by atoms with Crippen LogP contribution in [0.4, 0.5) is 0 Å². The van der Waals surface area contributed by atoms with Crippen LogP contribution in [-0.4, -0.2) is 71.9 Å². The van der Waals surface area contributed by atoms with Gasteiger partial charge in [0.2, 0.25) is 2.14 Å². The van der Waals surface area contributed by atoms with Crippen molar-refractivity contribution in [1.29, 1.82) is 0 Å². The second-order valence-electron chi connectivity index (χ2n) is 3.38. The molecule has 4 N–H and O–H groups in total. The summed E-state index contributed by atoms with van der Waals surface area (Å²) in [4.78, 5) is 13.0. The number of rotatable bonds is 6. The molecule has 6 nitrogen and oxygen atoms in total. The summed E-state index contributed by atoms with van der Waals surface area (Å²) in [5, 5.41) is 36.0. The van der Waals surface area contributed by atoms with Gasteiger partial charge in [0.1, 0.15) is 0 Å². The molecule has 0 bridgehead atoms. The van der Waals surface area contributed by atoms with E-state index in [1.807, 2.05) is 0 Å². The van der Waals surface area contributed by atoms with Crippen LogP contribution < -0.4 is 0 Å². The molecule has 0 aliphatic rings. The zero-order valence-corrected chi connectivity index (χ0v) is 13.5. The second kappa shape index (κ2) is 8.03. The summed E-state index contributed by atoms with van der Waals surface area (Å²) >= 11 is 9.07. The number of carbonyl (C=O) groups excluding carboxylic acids is 1. The van der Waals surface area contributed by atoms with E-state index in [9.17, 15) is 15.0 Å². The molecule has 0 spiro atoms. The fourth-order valence-electron chi connectivity index (χ4n) is 1.04. The average molecular weight is 444 g/mol. The fourth-order valence-corrected chi connectivity index (χ4v) is 1.80. The molecule has 0 aromatic carbocycles. The number of carbonyl (C=O) groups is 1. The van der Waals surface area contributed by atoms with Crippen molar-refractivity contribution in [1.82, 2.24) is 4.90 Å². The lowest BCUT2D eigenvalue weighted by molar-refractivity contribution is -0.133. The van der Waals surface area contributed by atoms with Gasteiger partial charge in [0.05, 0.1) is 25.4 Å². The van der Waals surface area contributed by atoms with Crippen molar-refractivity contribution in [2.45, 2.75) is 14.4 Å². The molecule has 0 saturated heterocycles. The van der Waals surface area contributed by atoms with Crippen LogP contribution in [-0.2, 0) is 4.79 Å². The van der Waals surface area contributed by atoms with E-state index < -0.39 is 33.5 Å². The minimum atomic E-state index is -1.21. The molecule has 2 atom stereocenters. The SMILES string of the molecule is O=C(N(CC(O)CO)CC(O)CO)C(Br)(Br)Br. The Bertz CT molecular complexity index is 236. The zero-order chi connectivity index (χ0) is 13.6. The highest BCUT2D eigenvalue weighted by Gasteiger charge is 2.34. The first-order valence-corrected chi connectivity index (χ1v) is 7.04. The Morgan fingerprint density at radius 1 is 1.06 bits per heavy atom. The lowest BCUT2D eigenvalue weighted by Gasteiger charge is -2.29. The molecule has 0 aliphatic carbocycles. The molecule has 102 valence electrons. The number of nitrogens with zero attached hydrogens (tertiary/aromatic N) is 1. The van der Waals surface area contributed by atoms with E-state index >= 15 is 0 Å². The molecule has 0 aromatic rings. The summed E-state index contributed by atoms with van der Waals surface area (Å²) in [6, 6.07) is 0. The first kappa shape index (κ1) is 17.8. The highest BCUT2D eigenvalue weighted by Crippen LogP contribution is 2.35. The number of aliphatic hydroxyl groups excluding tert-OH is 4. The van der Waals surface area contributed by atoms with Crippen molar-refractivity contribution < 1.29 is 25.2 Å². The Kier molecular flexibility index (Phi) is 8.38. The molecule has 0 fully saturated rings. The minimum Gasteiger partial charge on any atom is -0.394 e. The van der Waals surface area contributed by atoms with Crippen molar-refractivity contribution in [3.05, 3.63) is 0 Å². The molecule has 0 saturated carbocycles. The highest BCUT2D eigenvalue weighted by atomic mass is 80.0. The number of aliphatic hydroxyl groups is 4. The summed E-state index contributed by atoms with van der Waals surface area (Å²) in [5.74, 6) is -0.502. The number of hydrogen-bond donors (Lipinski definition) is 4. The Morgan fingerprint density at radius 2 is 1.41 bits per heavy atom. The van der Waals surface area contributed by atoms with E-state index in [2.05, 4.69) is 47.8 Å². The molecule has 1 amide bonds. The molecule has 9 heteroatoms. The van der Waals surface area contributed by atoms with Gasteiger partial charge in [0, 0.05) is 13.1 Å². The first-order chi connectivity index (χ1) is 7.72. The van der Waals surface area contributed by atoms with Gasteiger partial charge in [-0.3, -0.25) is 4.79 Å². The molecule has 0 radical (unpaired) electrons. The molecular weight excluding hydrogens is 430 g/mol. The predicted octanol–water partition coefficient (Wildman–Crippen LogP) is -0.640. The lowest BCUT2D eigenvalue weighted by atomic mass is 10.3. The van der Waals surface area contributed by atoms with Crippen LogP contribution in [0.2, 0.25) is 0 Å². The van der Waals surface area contributed by atoms with Crippen LogP contribution in [0.15, 0.2) is 0 Å². The second-order valence-corrected chi connectivity index (χ2v) is 10.1. The van der Waals surface area contributed by atoms with Crippen molar-refractivity contribution in [3.8, 4) is 0 Å². The van der Waals surface area contributed by atoms with Crippen LogP contribution >= 0.6 is 47.8 Å². The van der Waals surface area contributed by atoms with Gasteiger partial charge in [0.25, 0.3) is 5.91 Å². The molecule has 0 rings (SSSR count). The molecule has 2 unspecified atom stereocenters. The normalized spacial score (nSPS) is 15.5. The fraction of sp³-hybridized carbons (Fsp3) is 0.875. The molecule has 17 heavy (non-hydrogen) atoms. The topological polar surface area (TPSA) is 101 Å². The summed E-state index contributed by atoms with van der Waals surface area (Å²) < 4.78 is -1.21. The molecular formula is C8H14Br3NO5. The van der Waals surface area contributed by atoms with E-state index in [0.717, 1.165) is 4.90 Å². The quantitative estimate of drug-likeness (QED) is 0.409. The Morgan fingerprint density at radius 3 is 1.65 bits per heavy atom. The molecule has 0 aliphatic heterocycles. The van der Waals surface area contributed by atoms with Gasteiger partial charge >= 0.3 is 0 Å². The number of amides is 1. The van der Waals surface area contributed by atoms with E-state index in [1.165, 1.54) is 0 Å². The average Bonchev–Trinajstić information content (AvgIpc) is 2.25. The van der Waals surface area contributed by atoms with Crippen LogP contribution in [0.25, 0.3) is 0 Å². The van der Waals surface area contributed by atoms with E-state index in [-0.39, 0.29) is 13.1 Å². The minimum absolute atomic E-state index is 0.156. The zero-order valence-electron chi connectivity index (χ0n) is 8.76. The van der Waals surface area contributed by atoms with Gasteiger partial charge in [-0.05, 0) is 47.8 Å². The Balaban J connectivity index is 4.67. The predicted molar refractivity (Wildman–Crippen MR) is 72.3 cm³/mol. The van der Waals surface area contributed by atoms with Gasteiger partial charge in [-0.1, -0.05) is 0 Å². The summed E-state index contributed by atoms with van der Waals surface area (Å²) in [7, 11) is 0. The smallest absolute Gasteiger partial charge is 0.261 e. The highest BCUT2D eigenvalue weighted by molar-refractivity contribution is 9.40. The molecule has 0 heterocycles. The van der Waals surface area contributed by atoms with E-state index in [0.29, 0.717) is 0 Å². The monoisotopic (exact) mass is 441 g/mol. The lowest BCUT2D eigenvalue weighted by Crippen LogP contribution is -2.47. The van der Waals surface area contributed by atoms with Gasteiger partial charge < -0.3 is 25.3 Å². The third-order valence-electron chi connectivity index (χ3n) is 1.81. The summed E-state index contributed by atoms with van der Waals surface area (Å²) in [6.45, 7) is -1.31. The Hall–Kier alpha value is 0.750. The number of halogens is 3. The van der Waals surface area contributed by atoms with Crippen LogP contribution in [0, 0.1) is 0 Å². The van der Waals surface area contributed by atoms with Crippen molar-refractivity contribution in [2.24, 2.45) is 0 Å². The van der Waals surface area contributed by atoms with Crippen molar-refractivity contribution in [3.63, 3.8) is 0 Å². The van der Waals surface area contributed by atoms with Gasteiger partial charge in [-0.25, -0.2) is 0 Å². The molecule has 0 aromatic heterocycles. The van der Waals surface area contributed by atoms with Gasteiger partial charge in [-0.15, -0.1) is 0 Å².